The molecule has 0 aliphatic carbocycles. The summed E-state index contributed by atoms with van der Waals surface area (Å²) >= 11 is 0. The molecule has 2 aromatic rings. The molecular weight excluding hydrogens is 240 g/mol. The van der Waals surface area contributed by atoms with Gasteiger partial charge in [0, 0.05) is 6.07 Å². The normalized spacial score (nSPS) is 10.2. The number of hydrazine groups is 1. The Morgan fingerprint density at radius 1 is 1.28 bits per heavy atom. The predicted octanol–water partition coefficient (Wildman–Crippen LogP) is 2.75. The van der Waals surface area contributed by atoms with Crippen molar-refractivity contribution in [3.63, 3.8) is 0 Å². The standard InChI is InChI=1S/C12H11F2N3O/c1-7-5-11(16-6-10(7)17-15)18-12-8(13)3-2-4-9(12)14/h2-6,17H,15H2,1H3. The minimum atomic E-state index is -0.782. The molecule has 0 bridgehead atoms. The largest absolute Gasteiger partial charge is 0.433 e. The maximum absolute atomic E-state index is 13.4. The van der Waals surface area contributed by atoms with Crippen LogP contribution in [0.2, 0.25) is 0 Å². The number of nitrogens with zero attached hydrogens (tertiary/aromatic N) is 1. The number of aryl methyl sites for hydroxylation is 1. The highest BCUT2D eigenvalue weighted by Crippen LogP contribution is 2.27. The second-order valence-electron chi connectivity index (χ2n) is 3.63. The third-order valence-corrected chi connectivity index (χ3v) is 2.37. The predicted molar refractivity (Wildman–Crippen MR) is 63.2 cm³/mol. The maximum atomic E-state index is 13.4. The first-order valence-electron chi connectivity index (χ1n) is 5.17. The van der Waals surface area contributed by atoms with Gasteiger partial charge >= 0.3 is 0 Å². The van der Waals surface area contributed by atoms with Crippen molar-refractivity contribution in [2.45, 2.75) is 6.92 Å². The van der Waals surface area contributed by atoms with Crippen LogP contribution in [0.15, 0.2) is 30.5 Å². The number of anilines is 1. The summed E-state index contributed by atoms with van der Waals surface area (Å²) in [6.45, 7) is 1.77. The highest BCUT2D eigenvalue weighted by atomic mass is 19.1. The van der Waals surface area contributed by atoms with E-state index in [4.69, 9.17) is 10.6 Å². The van der Waals surface area contributed by atoms with E-state index in [0.717, 1.165) is 17.7 Å². The number of rotatable bonds is 3. The molecule has 0 spiro atoms. The van der Waals surface area contributed by atoms with E-state index in [-0.39, 0.29) is 5.88 Å². The van der Waals surface area contributed by atoms with Gasteiger partial charge in [0.15, 0.2) is 11.6 Å². The van der Waals surface area contributed by atoms with Crippen LogP contribution in [0.3, 0.4) is 0 Å². The zero-order valence-corrected chi connectivity index (χ0v) is 9.58. The van der Waals surface area contributed by atoms with Gasteiger partial charge in [-0.3, -0.25) is 5.84 Å². The molecular formula is C12H11F2N3O. The molecule has 3 N–H and O–H groups in total. The van der Waals surface area contributed by atoms with Gasteiger partial charge in [0.2, 0.25) is 11.6 Å². The fourth-order valence-corrected chi connectivity index (χ4v) is 1.42. The Morgan fingerprint density at radius 2 is 1.94 bits per heavy atom. The van der Waals surface area contributed by atoms with Crippen LogP contribution in [0.4, 0.5) is 14.5 Å². The van der Waals surface area contributed by atoms with Crippen molar-refractivity contribution in [1.29, 1.82) is 0 Å². The Bertz CT molecular complexity index is 555. The highest BCUT2D eigenvalue weighted by molar-refractivity contribution is 5.49. The van der Waals surface area contributed by atoms with Crippen molar-refractivity contribution in [3.8, 4) is 11.6 Å². The van der Waals surface area contributed by atoms with Crippen molar-refractivity contribution in [2.75, 3.05) is 5.43 Å². The summed E-state index contributed by atoms with van der Waals surface area (Å²) in [5, 5.41) is 0. The van der Waals surface area contributed by atoms with Crippen LogP contribution < -0.4 is 16.0 Å². The molecule has 0 amide bonds. The van der Waals surface area contributed by atoms with Crippen LogP contribution in [0.5, 0.6) is 11.6 Å². The number of hydrogen-bond acceptors (Lipinski definition) is 4. The van der Waals surface area contributed by atoms with E-state index in [9.17, 15) is 8.78 Å². The van der Waals surface area contributed by atoms with E-state index in [1.807, 2.05) is 0 Å². The molecule has 0 aliphatic rings. The Hall–Kier alpha value is -2.21. The Labute approximate surface area is 102 Å². The quantitative estimate of drug-likeness (QED) is 0.650. The summed E-state index contributed by atoms with van der Waals surface area (Å²) in [4.78, 5) is 3.89. The molecule has 4 nitrogen and oxygen atoms in total. The minimum absolute atomic E-state index is 0.0931. The lowest BCUT2D eigenvalue weighted by Crippen LogP contribution is -2.08. The molecule has 0 radical (unpaired) electrons. The first kappa shape index (κ1) is 12.3. The topological polar surface area (TPSA) is 60.2 Å². The molecule has 0 saturated carbocycles. The van der Waals surface area contributed by atoms with Crippen molar-refractivity contribution >= 4 is 5.69 Å². The van der Waals surface area contributed by atoms with Crippen LogP contribution in [0.1, 0.15) is 5.56 Å². The minimum Gasteiger partial charge on any atom is -0.433 e. The number of benzene rings is 1. The van der Waals surface area contributed by atoms with Crippen LogP contribution in [0.25, 0.3) is 0 Å². The lowest BCUT2D eigenvalue weighted by Gasteiger charge is -2.09. The number of ether oxygens (including phenoxy) is 1. The third kappa shape index (κ3) is 2.38. The lowest BCUT2D eigenvalue weighted by atomic mass is 10.2. The summed E-state index contributed by atoms with van der Waals surface area (Å²) in [5.74, 6) is 3.31. The van der Waals surface area contributed by atoms with E-state index < -0.39 is 17.4 Å². The smallest absolute Gasteiger partial charge is 0.219 e. The molecule has 6 heteroatoms. The van der Waals surface area contributed by atoms with Gasteiger partial charge < -0.3 is 10.2 Å². The third-order valence-electron chi connectivity index (χ3n) is 2.37. The zero-order valence-electron chi connectivity index (χ0n) is 9.58. The van der Waals surface area contributed by atoms with Crippen LogP contribution in [-0.2, 0) is 0 Å². The molecule has 0 unspecified atom stereocenters. The van der Waals surface area contributed by atoms with Gasteiger partial charge in [-0.25, -0.2) is 13.8 Å². The van der Waals surface area contributed by atoms with Crippen LogP contribution in [-0.4, -0.2) is 4.98 Å². The summed E-state index contributed by atoms with van der Waals surface area (Å²) < 4.78 is 31.8. The van der Waals surface area contributed by atoms with Crippen molar-refractivity contribution in [1.82, 2.24) is 4.98 Å². The van der Waals surface area contributed by atoms with Crippen LogP contribution in [0, 0.1) is 18.6 Å². The van der Waals surface area contributed by atoms with E-state index in [1.165, 1.54) is 18.3 Å². The van der Waals surface area contributed by atoms with Crippen molar-refractivity contribution < 1.29 is 13.5 Å². The second kappa shape index (κ2) is 4.97. The number of hydrogen-bond donors (Lipinski definition) is 2. The number of nitrogens with two attached hydrogens (primary N) is 1. The summed E-state index contributed by atoms with van der Waals surface area (Å²) in [5.41, 5.74) is 3.80. The fourth-order valence-electron chi connectivity index (χ4n) is 1.42. The summed E-state index contributed by atoms with van der Waals surface area (Å²) in [6.07, 6.45) is 1.42. The molecule has 94 valence electrons. The Morgan fingerprint density at radius 3 is 2.50 bits per heavy atom. The monoisotopic (exact) mass is 251 g/mol. The van der Waals surface area contributed by atoms with Gasteiger partial charge in [0.1, 0.15) is 0 Å². The number of halogens is 2. The number of nitrogen functional groups attached to an aromatic ring is 1. The zero-order chi connectivity index (χ0) is 13.1. The van der Waals surface area contributed by atoms with Gasteiger partial charge in [-0.15, -0.1) is 0 Å². The molecule has 1 aromatic carbocycles. The second-order valence-corrected chi connectivity index (χ2v) is 3.63. The van der Waals surface area contributed by atoms with Gasteiger partial charge in [-0.2, -0.15) is 0 Å². The average molecular weight is 251 g/mol. The lowest BCUT2D eigenvalue weighted by molar-refractivity contribution is 0.395. The molecule has 0 atom stereocenters. The first-order valence-corrected chi connectivity index (χ1v) is 5.17. The maximum Gasteiger partial charge on any atom is 0.219 e. The fraction of sp³-hybridized carbons (Fsp3) is 0.0833. The number of para-hydroxylation sites is 1. The number of aromatic nitrogens is 1. The summed E-state index contributed by atoms with van der Waals surface area (Å²) in [6, 6.07) is 5.01. The van der Waals surface area contributed by atoms with Gasteiger partial charge in [0.05, 0.1) is 11.9 Å². The molecule has 1 aromatic heterocycles. The molecule has 0 aliphatic heterocycles. The van der Waals surface area contributed by atoms with Crippen molar-refractivity contribution in [2.24, 2.45) is 5.84 Å². The average Bonchev–Trinajstić information content (AvgIpc) is 2.34. The molecule has 0 saturated heterocycles. The Kier molecular flexibility index (Phi) is 3.38. The molecule has 0 fully saturated rings. The van der Waals surface area contributed by atoms with E-state index in [0.29, 0.717) is 5.69 Å². The Balaban J connectivity index is 2.32. The van der Waals surface area contributed by atoms with Crippen molar-refractivity contribution in [3.05, 3.63) is 47.7 Å². The van der Waals surface area contributed by atoms with Gasteiger partial charge in [-0.1, -0.05) is 6.07 Å². The van der Waals surface area contributed by atoms with Gasteiger partial charge in [-0.05, 0) is 24.6 Å². The highest BCUT2D eigenvalue weighted by Gasteiger charge is 2.12. The number of nitrogens with one attached hydrogen (secondary N) is 1. The summed E-state index contributed by atoms with van der Waals surface area (Å²) in [7, 11) is 0. The van der Waals surface area contributed by atoms with Gasteiger partial charge in [0.25, 0.3) is 0 Å². The molecule has 18 heavy (non-hydrogen) atoms. The van der Waals surface area contributed by atoms with E-state index in [2.05, 4.69) is 10.4 Å². The van der Waals surface area contributed by atoms with E-state index in [1.54, 1.807) is 6.92 Å². The molecule has 2 rings (SSSR count). The molecule has 1 heterocycles. The SMILES string of the molecule is Cc1cc(Oc2c(F)cccc2F)ncc1NN. The van der Waals surface area contributed by atoms with Crippen LogP contribution >= 0.6 is 0 Å². The number of pyridine rings is 1. The van der Waals surface area contributed by atoms with E-state index >= 15 is 0 Å². The first-order chi connectivity index (χ1) is 8.61.